The second-order valence-electron chi connectivity index (χ2n) is 8.12. The van der Waals surface area contributed by atoms with Crippen molar-refractivity contribution in [2.24, 2.45) is 0 Å². The standard InChI is InChI=1S/C27H24ClN3OS/c1-18-9-12-21(28)16-23(18)29-27(32)31-17-20-6-3-4-7-24(20)30-15-5-8-25(30)26(31)19-10-13-22(33-2)14-11-19/h3-16,26H,17H2,1-2H3,(H,29,32)/t26-/m1/s1. The number of amides is 2. The molecule has 33 heavy (non-hydrogen) atoms. The zero-order valence-corrected chi connectivity index (χ0v) is 20.0. The smallest absolute Gasteiger partial charge is 0.318 e. The number of aromatic nitrogens is 1. The Morgan fingerprint density at radius 2 is 1.82 bits per heavy atom. The molecule has 0 spiro atoms. The van der Waals surface area contributed by atoms with Gasteiger partial charge in [-0.15, -0.1) is 11.8 Å². The molecule has 0 radical (unpaired) electrons. The lowest BCUT2D eigenvalue weighted by atomic mass is 10.0. The predicted molar refractivity (Wildman–Crippen MR) is 137 cm³/mol. The van der Waals surface area contributed by atoms with Crippen molar-refractivity contribution in [2.45, 2.75) is 24.4 Å². The number of anilines is 1. The van der Waals surface area contributed by atoms with Crippen LogP contribution < -0.4 is 5.32 Å². The van der Waals surface area contributed by atoms with Crippen LogP contribution in [0.5, 0.6) is 0 Å². The highest BCUT2D eigenvalue weighted by molar-refractivity contribution is 7.98. The van der Waals surface area contributed by atoms with E-state index >= 15 is 0 Å². The van der Waals surface area contributed by atoms with Gasteiger partial charge >= 0.3 is 6.03 Å². The van der Waals surface area contributed by atoms with Gasteiger partial charge in [0, 0.05) is 27.5 Å². The van der Waals surface area contributed by atoms with Crippen LogP contribution in [0.4, 0.5) is 10.5 Å². The Hall–Kier alpha value is -3.15. The van der Waals surface area contributed by atoms with Gasteiger partial charge in [0.05, 0.1) is 18.3 Å². The van der Waals surface area contributed by atoms with Crippen molar-refractivity contribution in [2.75, 3.05) is 11.6 Å². The highest BCUT2D eigenvalue weighted by Crippen LogP contribution is 2.37. The summed E-state index contributed by atoms with van der Waals surface area (Å²) in [6.45, 7) is 2.45. The molecule has 1 aliphatic heterocycles. The molecule has 166 valence electrons. The van der Waals surface area contributed by atoms with E-state index in [4.69, 9.17) is 11.6 Å². The molecule has 4 nitrogen and oxygen atoms in total. The van der Waals surface area contributed by atoms with E-state index in [2.05, 4.69) is 64.8 Å². The first-order valence-electron chi connectivity index (χ1n) is 10.8. The van der Waals surface area contributed by atoms with Crippen LogP contribution in [0.3, 0.4) is 0 Å². The van der Waals surface area contributed by atoms with Crippen LogP contribution in [-0.2, 0) is 6.54 Å². The first-order chi connectivity index (χ1) is 16.0. The van der Waals surface area contributed by atoms with Crippen molar-refractivity contribution in [3.63, 3.8) is 0 Å². The number of nitrogens with one attached hydrogen (secondary N) is 1. The molecule has 0 fully saturated rings. The van der Waals surface area contributed by atoms with Gasteiger partial charge in [0.15, 0.2) is 0 Å². The Morgan fingerprint density at radius 1 is 1.03 bits per heavy atom. The van der Waals surface area contributed by atoms with Gasteiger partial charge < -0.3 is 14.8 Å². The van der Waals surface area contributed by atoms with Crippen LogP contribution in [0.2, 0.25) is 5.02 Å². The predicted octanol–water partition coefficient (Wildman–Crippen LogP) is 7.30. The Balaban J connectivity index is 1.63. The zero-order chi connectivity index (χ0) is 22.9. The van der Waals surface area contributed by atoms with Crippen molar-refractivity contribution in [1.29, 1.82) is 0 Å². The summed E-state index contributed by atoms with van der Waals surface area (Å²) in [5.74, 6) is 0. The number of rotatable bonds is 3. The van der Waals surface area contributed by atoms with E-state index < -0.39 is 0 Å². The normalized spacial score (nSPS) is 14.9. The van der Waals surface area contributed by atoms with Gasteiger partial charge in [0.2, 0.25) is 0 Å². The molecule has 0 saturated heterocycles. The SMILES string of the molecule is CSc1ccc([C@@H]2c3cccn3-c3ccccc3CN2C(=O)Nc2cc(Cl)ccc2C)cc1. The number of halogens is 1. The topological polar surface area (TPSA) is 37.3 Å². The highest BCUT2D eigenvalue weighted by atomic mass is 35.5. The average Bonchev–Trinajstić information content (AvgIpc) is 3.26. The number of carbonyl (C=O) groups excluding carboxylic acids is 1. The lowest BCUT2D eigenvalue weighted by Crippen LogP contribution is -2.38. The maximum Gasteiger partial charge on any atom is 0.322 e. The number of hydrogen-bond acceptors (Lipinski definition) is 2. The van der Waals surface area contributed by atoms with Crippen molar-refractivity contribution >= 4 is 35.1 Å². The molecular formula is C27H24ClN3OS. The molecule has 6 heteroatoms. The fourth-order valence-electron chi connectivity index (χ4n) is 4.39. The fourth-order valence-corrected chi connectivity index (χ4v) is 4.97. The lowest BCUT2D eigenvalue weighted by molar-refractivity contribution is 0.194. The summed E-state index contributed by atoms with van der Waals surface area (Å²) in [7, 11) is 0. The molecule has 5 rings (SSSR count). The van der Waals surface area contributed by atoms with Crippen LogP contribution in [0.15, 0.2) is 90.0 Å². The molecule has 0 saturated carbocycles. The number of carbonyl (C=O) groups is 1. The summed E-state index contributed by atoms with van der Waals surface area (Å²) >= 11 is 7.92. The Morgan fingerprint density at radius 3 is 2.61 bits per heavy atom. The summed E-state index contributed by atoms with van der Waals surface area (Å²) in [5.41, 5.74) is 5.99. The fraction of sp³-hybridized carbons (Fsp3) is 0.148. The van der Waals surface area contributed by atoms with E-state index in [1.54, 1.807) is 17.8 Å². The second kappa shape index (κ2) is 9.00. The van der Waals surface area contributed by atoms with Gasteiger partial charge in [0.1, 0.15) is 0 Å². The first kappa shape index (κ1) is 21.7. The summed E-state index contributed by atoms with van der Waals surface area (Å²) in [6.07, 6.45) is 4.13. The molecule has 1 aromatic heterocycles. The minimum Gasteiger partial charge on any atom is -0.318 e. The van der Waals surface area contributed by atoms with Crippen molar-refractivity contribution in [3.8, 4) is 5.69 Å². The lowest BCUT2D eigenvalue weighted by Gasteiger charge is -2.31. The van der Waals surface area contributed by atoms with E-state index in [0.29, 0.717) is 11.6 Å². The van der Waals surface area contributed by atoms with Crippen LogP contribution in [0, 0.1) is 6.92 Å². The van der Waals surface area contributed by atoms with Gasteiger partial charge in [-0.3, -0.25) is 0 Å². The molecule has 3 aromatic carbocycles. The minimum absolute atomic E-state index is 0.163. The molecule has 0 unspecified atom stereocenters. The molecule has 0 aliphatic carbocycles. The molecule has 1 atom stereocenters. The molecule has 0 bridgehead atoms. The number of benzene rings is 3. The van der Waals surface area contributed by atoms with Gasteiger partial charge in [-0.25, -0.2) is 4.79 Å². The second-order valence-corrected chi connectivity index (χ2v) is 9.44. The molecule has 4 aromatic rings. The third kappa shape index (κ3) is 4.14. The van der Waals surface area contributed by atoms with E-state index in [1.807, 2.05) is 42.2 Å². The molecule has 2 heterocycles. The maximum absolute atomic E-state index is 13.8. The van der Waals surface area contributed by atoms with E-state index in [9.17, 15) is 4.79 Å². The highest BCUT2D eigenvalue weighted by Gasteiger charge is 2.33. The average molecular weight is 474 g/mol. The van der Waals surface area contributed by atoms with E-state index in [-0.39, 0.29) is 12.1 Å². The minimum atomic E-state index is -0.247. The number of nitrogens with zero attached hydrogens (tertiary/aromatic N) is 2. The number of para-hydroxylation sites is 1. The summed E-state index contributed by atoms with van der Waals surface area (Å²) in [5, 5.41) is 3.71. The Labute approximate surface area is 203 Å². The maximum atomic E-state index is 13.8. The van der Waals surface area contributed by atoms with E-state index in [0.717, 1.165) is 33.8 Å². The summed E-state index contributed by atoms with van der Waals surface area (Å²) in [4.78, 5) is 16.9. The Bertz CT molecular complexity index is 1320. The van der Waals surface area contributed by atoms with Crippen molar-refractivity contribution < 1.29 is 4.79 Å². The summed E-state index contributed by atoms with van der Waals surface area (Å²) < 4.78 is 2.19. The zero-order valence-electron chi connectivity index (χ0n) is 18.5. The third-order valence-electron chi connectivity index (χ3n) is 6.10. The quantitative estimate of drug-likeness (QED) is 0.317. The van der Waals surface area contributed by atoms with Crippen LogP contribution >= 0.6 is 23.4 Å². The third-order valence-corrected chi connectivity index (χ3v) is 7.08. The number of urea groups is 1. The number of aryl methyl sites for hydroxylation is 1. The van der Waals surface area contributed by atoms with Gasteiger partial charge in [0.25, 0.3) is 0 Å². The first-order valence-corrected chi connectivity index (χ1v) is 12.4. The van der Waals surface area contributed by atoms with Gasteiger partial charge in [-0.05, 0) is 72.3 Å². The summed E-state index contributed by atoms with van der Waals surface area (Å²) in [6, 6.07) is 26.0. The van der Waals surface area contributed by atoms with Gasteiger partial charge in [-0.1, -0.05) is 48.0 Å². The van der Waals surface area contributed by atoms with Crippen LogP contribution in [-0.4, -0.2) is 21.8 Å². The largest absolute Gasteiger partial charge is 0.322 e. The van der Waals surface area contributed by atoms with Crippen LogP contribution in [0.1, 0.15) is 28.4 Å². The van der Waals surface area contributed by atoms with Crippen molar-refractivity contribution in [1.82, 2.24) is 9.47 Å². The molecule has 1 aliphatic rings. The van der Waals surface area contributed by atoms with Crippen molar-refractivity contribution in [3.05, 3.63) is 112 Å². The number of hydrogen-bond donors (Lipinski definition) is 1. The molecular weight excluding hydrogens is 450 g/mol. The molecule has 2 amide bonds. The van der Waals surface area contributed by atoms with E-state index in [1.165, 1.54) is 4.90 Å². The van der Waals surface area contributed by atoms with Crippen LogP contribution in [0.25, 0.3) is 5.69 Å². The number of fused-ring (bicyclic) bond motifs is 3. The Kier molecular flexibility index (Phi) is 5.92. The molecule has 1 N–H and O–H groups in total. The number of thioether (sulfide) groups is 1. The monoisotopic (exact) mass is 473 g/mol. The van der Waals surface area contributed by atoms with Gasteiger partial charge in [-0.2, -0.15) is 0 Å².